The van der Waals surface area contributed by atoms with Crippen molar-refractivity contribution in [2.45, 2.75) is 18.7 Å². The minimum absolute atomic E-state index is 0.112. The Morgan fingerprint density at radius 3 is 2.56 bits per heavy atom. The van der Waals surface area contributed by atoms with E-state index in [0.29, 0.717) is 4.80 Å². The zero-order valence-electron chi connectivity index (χ0n) is 14.4. The maximum atomic E-state index is 12.5. The Labute approximate surface area is 150 Å². The van der Waals surface area contributed by atoms with Crippen molar-refractivity contribution >= 4 is 37.3 Å². The number of rotatable bonds is 2. The Bertz CT molecular complexity index is 1170. The van der Waals surface area contributed by atoms with Crippen molar-refractivity contribution in [2.24, 2.45) is 12.0 Å². The van der Waals surface area contributed by atoms with Gasteiger partial charge in [-0.05, 0) is 49.2 Å². The number of benzene rings is 2. The molecule has 0 fully saturated rings. The number of aryl methyl sites for hydroxylation is 3. The topological polar surface area (TPSA) is 68.5 Å². The molecule has 7 heteroatoms. The highest BCUT2D eigenvalue weighted by Gasteiger charge is 2.12. The van der Waals surface area contributed by atoms with Gasteiger partial charge in [0.1, 0.15) is 0 Å². The van der Waals surface area contributed by atoms with E-state index >= 15 is 0 Å². The lowest BCUT2D eigenvalue weighted by Gasteiger charge is -2.01. The molecule has 3 rings (SSSR count). The molecule has 0 bridgehead atoms. The molecule has 2 aromatic carbocycles. The molecule has 0 aliphatic heterocycles. The molecule has 0 saturated heterocycles. The van der Waals surface area contributed by atoms with Gasteiger partial charge in [0.05, 0.1) is 15.1 Å². The average Bonchev–Trinajstić information content (AvgIpc) is 2.84. The largest absolute Gasteiger partial charge is 0.319 e. The van der Waals surface area contributed by atoms with Crippen LogP contribution in [0.2, 0.25) is 0 Å². The van der Waals surface area contributed by atoms with Crippen LogP contribution in [0.1, 0.15) is 21.5 Å². The SMILES string of the molecule is Cc1cc(C)c2sc(=NC(=O)c3cccc(S(C)(=O)=O)c3)n(C)c2c1. The van der Waals surface area contributed by atoms with Crippen molar-refractivity contribution in [1.29, 1.82) is 0 Å². The lowest BCUT2D eigenvalue weighted by Crippen LogP contribution is -2.13. The molecule has 0 radical (unpaired) electrons. The van der Waals surface area contributed by atoms with Crippen LogP contribution >= 0.6 is 11.3 Å². The van der Waals surface area contributed by atoms with E-state index in [1.807, 2.05) is 25.5 Å². The first-order valence-electron chi connectivity index (χ1n) is 7.63. The van der Waals surface area contributed by atoms with Gasteiger partial charge in [0, 0.05) is 18.9 Å². The fraction of sp³-hybridized carbons (Fsp3) is 0.222. The van der Waals surface area contributed by atoms with E-state index in [-0.39, 0.29) is 10.5 Å². The average molecular weight is 374 g/mol. The summed E-state index contributed by atoms with van der Waals surface area (Å²) < 4.78 is 26.3. The molecular formula is C18H18N2O3S2. The van der Waals surface area contributed by atoms with Crippen LogP contribution in [0.4, 0.5) is 0 Å². The number of thiazole rings is 1. The first kappa shape index (κ1) is 17.6. The number of aromatic nitrogens is 1. The third-order valence-electron chi connectivity index (χ3n) is 3.95. The standard InChI is InChI=1S/C18H18N2O3S2/c1-11-8-12(2)16-15(9-11)20(3)18(24-16)19-17(21)13-6-5-7-14(10-13)25(4,22)23/h5-10H,1-4H3. The Morgan fingerprint density at radius 1 is 1.16 bits per heavy atom. The van der Waals surface area contributed by atoms with Crippen molar-refractivity contribution in [1.82, 2.24) is 4.57 Å². The highest BCUT2D eigenvalue weighted by Crippen LogP contribution is 2.22. The maximum absolute atomic E-state index is 12.5. The predicted octanol–water partition coefficient (Wildman–Crippen LogP) is 3.00. The Kier molecular flexibility index (Phi) is 4.38. The molecule has 0 aliphatic carbocycles. The quantitative estimate of drug-likeness (QED) is 0.692. The third-order valence-corrected chi connectivity index (χ3v) is 6.34. The molecule has 0 spiro atoms. The number of fused-ring (bicyclic) bond motifs is 1. The first-order chi connectivity index (χ1) is 11.7. The number of amides is 1. The smallest absolute Gasteiger partial charge is 0.279 e. The van der Waals surface area contributed by atoms with Gasteiger partial charge in [0.25, 0.3) is 5.91 Å². The highest BCUT2D eigenvalue weighted by molar-refractivity contribution is 7.90. The maximum Gasteiger partial charge on any atom is 0.279 e. The summed E-state index contributed by atoms with van der Waals surface area (Å²) in [4.78, 5) is 17.4. The molecule has 3 aromatic rings. The van der Waals surface area contributed by atoms with E-state index in [4.69, 9.17) is 0 Å². The normalized spacial score (nSPS) is 12.7. The fourth-order valence-corrected chi connectivity index (χ4v) is 4.42. The zero-order valence-corrected chi connectivity index (χ0v) is 16.0. The van der Waals surface area contributed by atoms with Gasteiger partial charge < -0.3 is 4.57 Å². The van der Waals surface area contributed by atoms with Crippen molar-refractivity contribution in [3.63, 3.8) is 0 Å². The number of sulfone groups is 1. The Hall–Kier alpha value is -2.25. The van der Waals surface area contributed by atoms with Crippen molar-refractivity contribution < 1.29 is 13.2 Å². The van der Waals surface area contributed by atoms with Gasteiger partial charge >= 0.3 is 0 Å². The summed E-state index contributed by atoms with van der Waals surface area (Å²) >= 11 is 1.45. The summed E-state index contributed by atoms with van der Waals surface area (Å²) in [7, 11) is -1.50. The summed E-state index contributed by atoms with van der Waals surface area (Å²) in [5, 5.41) is 0. The molecule has 0 N–H and O–H groups in total. The molecule has 5 nitrogen and oxygen atoms in total. The lowest BCUT2D eigenvalue weighted by atomic mass is 10.1. The molecule has 25 heavy (non-hydrogen) atoms. The molecule has 1 aromatic heterocycles. The molecule has 1 heterocycles. The number of carbonyl (C=O) groups excluding carboxylic acids is 1. The van der Waals surface area contributed by atoms with E-state index in [1.54, 1.807) is 12.1 Å². The van der Waals surface area contributed by atoms with E-state index in [2.05, 4.69) is 17.1 Å². The van der Waals surface area contributed by atoms with Crippen LogP contribution in [-0.4, -0.2) is 25.1 Å². The van der Waals surface area contributed by atoms with Crippen LogP contribution in [0.25, 0.3) is 10.2 Å². The molecule has 0 unspecified atom stereocenters. The van der Waals surface area contributed by atoms with Gasteiger partial charge in [0.2, 0.25) is 0 Å². The van der Waals surface area contributed by atoms with Crippen LogP contribution in [0.15, 0.2) is 46.3 Å². The van der Waals surface area contributed by atoms with Crippen molar-refractivity contribution in [3.8, 4) is 0 Å². The van der Waals surface area contributed by atoms with Gasteiger partial charge in [-0.25, -0.2) is 8.42 Å². The van der Waals surface area contributed by atoms with E-state index in [9.17, 15) is 13.2 Å². The van der Waals surface area contributed by atoms with Gasteiger partial charge in [0.15, 0.2) is 14.6 Å². The van der Waals surface area contributed by atoms with Gasteiger partial charge in [-0.3, -0.25) is 4.79 Å². The van der Waals surface area contributed by atoms with Crippen LogP contribution in [0, 0.1) is 13.8 Å². The van der Waals surface area contributed by atoms with Gasteiger partial charge in [-0.15, -0.1) is 0 Å². The van der Waals surface area contributed by atoms with Crippen LogP contribution in [-0.2, 0) is 16.9 Å². The second-order valence-corrected chi connectivity index (χ2v) is 9.08. The molecular weight excluding hydrogens is 356 g/mol. The second kappa shape index (κ2) is 6.24. The fourth-order valence-electron chi connectivity index (χ4n) is 2.69. The molecule has 1 amide bonds. The molecule has 0 saturated carbocycles. The number of nitrogens with zero attached hydrogens (tertiary/aromatic N) is 2. The second-order valence-electron chi connectivity index (χ2n) is 6.09. The van der Waals surface area contributed by atoms with E-state index in [1.165, 1.54) is 23.5 Å². The van der Waals surface area contributed by atoms with E-state index in [0.717, 1.165) is 27.6 Å². The molecule has 0 aliphatic rings. The van der Waals surface area contributed by atoms with Crippen LogP contribution in [0.3, 0.4) is 0 Å². The zero-order chi connectivity index (χ0) is 18.4. The number of hydrogen-bond donors (Lipinski definition) is 0. The predicted molar refractivity (Wildman–Crippen MR) is 99.7 cm³/mol. The number of carbonyl (C=O) groups is 1. The summed E-state index contributed by atoms with van der Waals surface area (Å²) in [6.45, 7) is 4.07. The van der Waals surface area contributed by atoms with Crippen LogP contribution < -0.4 is 4.80 Å². The van der Waals surface area contributed by atoms with Crippen LogP contribution in [0.5, 0.6) is 0 Å². The Morgan fingerprint density at radius 2 is 1.88 bits per heavy atom. The summed E-state index contributed by atoms with van der Waals surface area (Å²) in [5.41, 5.74) is 3.58. The number of hydrogen-bond acceptors (Lipinski definition) is 4. The Balaban J connectivity index is 2.13. The lowest BCUT2D eigenvalue weighted by molar-refractivity contribution is 0.0997. The van der Waals surface area contributed by atoms with Crippen molar-refractivity contribution in [3.05, 3.63) is 57.9 Å². The monoisotopic (exact) mass is 374 g/mol. The minimum Gasteiger partial charge on any atom is -0.319 e. The highest BCUT2D eigenvalue weighted by atomic mass is 32.2. The summed E-state index contributed by atoms with van der Waals surface area (Å²) in [6, 6.07) is 10.1. The first-order valence-corrected chi connectivity index (χ1v) is 10.3. The third kappa shape index (κ3) is 3.43. The molecule has 0 atom stereocenters. The van der Waals surface area contributed by atoms with Gasteiger partial charge in [-0.1, -0.05) is 23.5 Å². The van der Waals surface area contributed by atoms with E-state index < -0.39 is 15.7 Å². The summed E-state index contributed by atoms with van der Waals surface area (Å²) in [5.74, 6) is -0.456. The minimum atomic E-state index is -3.37. The summed E-state index contributed by atoms with van der Waals surface area (Å²) in [6.07, 6.45) is 1.12. The van der Waals surface area contributed by atoms with Gasteiger partial charge in [-0.2, -0.15) is 4.99 Å². The van der Waals surface area contributed by atoms with Crippen molar-refractivity contribution in [2.75, 3.05) is 6.26 Å². The molecule has 130 valence electrons.